The Morgan fingerprint density at radius 1 is 1.40 bits per heavy atom. The molecule has 1 aliphatic rings. The highest BCUT2D eigenvalue weighted by atomic mass is 16.5. The van der Waals surface area contributed by atoms with E-state index < -0.39 is 0 Å². The summed E-state index contributed by atoms with van der Waals surface area (Å²) in [5, 5.41) is 3.91. The maximum absolute atomic E-state index is 12.6. The minimum atomic E-state index is -0.377. The topological polar surface area (TPSA) is 101 Å². The number of morpholine rings is 1. The molecule has 134 valence electrons. The van der Waals surface area contributed by atoms with Crippen molar-refractivity contribution in [1.29, 1.82) is 0 Å². The van der Waals surface area contributed by atoms with Crippen LogP contribution in [0.4, 0.5) is 0 Å². The molecule has 1 fully saturated rings. The second-order valence-electron chi connectivity index (χ2n) is 6.26. The Morgan fingerprint density at radius 2 is 2.20 bits per heavy atom. The van der Waals surface area contributed by atoms with E-state index in [0.29, 0.717) is 44.1 Å². The van der Waals surface area contributed by atoms with Gasteiger partial charge >= 0.3 is 0 Å². The van der Waals surface area contributed by atoms with Crippen molar-refractivity contribution >= 4 is 5.91 Å². The second kappa shape index (κ2) is 7.18. The number of hydrogen-bond acceptors (Lipinski definition) is 6. The highest BCUT2D eigenvalue weighted by molar-refractivity contribution is 5.76. The molecule has 0 radical (unpaired) electrons. The fourth-order valence-corrected chi connectivity index (χ4v) is 3.07. The number of ether oxygens (including phenoxy) is 1. The van der Waals surface area contributed by atoms with Crippen LogP contribution in [-0.4, -0.2) is 45.6 Å². The van der Waals surface area contributed by atoms with Gasteiger partial charge in [0.1, 0.15) is 17.7 Å². The summed E-state index contributed by atoms with van der Waals surface area (Å²) in [4.78, 5) is 32.9. The molecule has 2 aromatic rings. The van der Waals surface area contributed by atoms with Gasteiger partial charge < -0.3 is 19.1 Å². The van der Waals surface area contributed by atoms with Gasteiger partial charge in [0, 0.05) is 24.6 Å². The van der Waals surface area contributed by atoms with Crippen LogP contribution in [0.1, 0.15) is 41.1 Å². The van der Waals surface area contributed by atoms with Crippen LogP contribution in [0.5, 0.6) is 0 Å². The van der Waals surface area contributed by atoms with Crippen LogP contribution < -0.4 is 5.56 Å². The van der Waals surface area contributed by atoms with Gasteiger partial charge in [-0.1, -0.05) is 5.16 Å². The fourth-order valence-electron chi connectivity index (χ4n) is 3.07. The van der Waals surface area contributed by atoms with Crippen molar-refractivity contribution in [3.63, 3.8) is 0 Å². The first kappa shape index (κ1) is 17.3. The van der Waals surface area contributed by atoms with Crippen molar-refractivity contribution < 1.29 is 14.1 Å². The van der Waals surface area contributed by atoms with E-state index >= 15 is 0 Å². The molecule has 1 unspecified atom stereocenters. The maximum Gasteiger partial charge on any atom is 0.251 e. The molecule has 0 aromatic carbocycles. The highest BCUT2D eigenvalue weighted by Crippen LogP contribution is 2.21. The summed E-state index contributed by atoms with van der Waals surface area (Å²) in [7, 11) is 0. The SMILES string of the molecule is Cc1nc(C2CN(C(=O)CCc3c(C)noc3C)CCO2)cc(=O)[nH]1. The van der Waals surface area contributed by atoms with Crippen molar-refractivity contribution in [1.82, 2.24) is 20.0 Å². The molecule has 3 rings (SSSR count). The van der Waals surface area contributed by atoms with Gasteiger partial charge in [-0.15, -0.1) is 0 Å². The van der Waals surface area contributed by atoms with Gasteiger partial charge in [0.25, 0.3) is 5.56 Å². The van der Waals surface area contributed by atoms with E-state index in [1.807, 2.05) is 13.8 Å². The van der Waals surface area contributed by atoms with Crippen LogP contribution in [0.15, 0.2) is 15.4 Å². The van der Waals surface area contributed by atoms with Gasteiger partial charge in [0.2, 0.25) is 5.91 Å². The molecule has 1 atom stereocenters. The molecule has 3 heterocycles. The zero-order valence-corrected chi connectivity index (χ0v) is 14.7. The minimum absolute atomic E-state index is 0.0508. The summed E-state index contributed by atoms with van der Waals surface area (Å²) in [6.07, 6.45) is 0.611. The number of hydrogen-bond donors (Lipinski definition) is 1. The van der Waals surface area contributed by atoms with Gasteiger partial charge in [0.15, 0.2) is 0 Å². The number of nitrogens with zero attached hydrogens (tertiary/aromatic N) is 3. The van der Waals surface area contributed by atoms with Crippen LogP contribution in [0.25, 0.3) is 0 Å². The molecule has 25 heavy (non-hydrogen) atoms. The van der Waals surface area contributed by atoms with Crippen LogP contribution in [0.2, 0.25) is 0 Å². The van der Waals surface area contributed by atoms with E-state index in [1.165, 1.54) is 6.07 Å². The molecule has 2 aromatic heterocycles. The van der Waals surface area contributed by atoms with E-state index in [1.54, 1.807) is 11.8 Å². The fraction of sp³-hybridized carbons (Fsp3) is 0.529. The van der Waals surface area contributed by atoms with Crippen molar-refractivity contribution in [2.45, 2.75) is 39.7 Å². The van der Waals surface area contributed by atoms with E-state index in [4.69, 9.17) is 9.26 Å². The van der Waals surface area contributed by atoms with Gasteiger partial charge in [-0.05, 0) is 27.2 Å². The Bertz CT molecular complexity index is 807. The lowest BCUT2D eigenvalue weighted by Gasteiger charge is -2.32. The van der Waals surface area contributed by atoms with Crippen LogP contribution in [0, 0.1) is 20.8 Å². The number of H-pyrrole nitrogens is 1. The van der Waals surface area contributed by atoms with Gasteiger partial charge in [-0.3, -0.25) is 9.59 Å². The molecule has 0 bridgehead atoms. The number of aryl methyl sites for hydroxylation is 3. The minimum Gasteiger partial charge on any atom is -0.368 e. The van der Waals surface area contributed by atoms with Crippen molar-refractivity contribution in [3.05, 3.63) is 45.0 Å². The zero-order valence-electron chi connectivity index (χ0n) is 14.7. The smallest absolute Gasteiger partial charge is 0.251 e. The number of nitrogens with one attached hydrogen (secondary N) is 1. The maximum atomic E-state index is 12.6. The largest absolute Gasteiger partial charge is 0.368 e. The lowest BCUT2D eigenvalue weighted by atomic mass is 10.1. The lowest BCUT2D eigenvalue weighted by molar-refractivity contribution is -0.139. The third-order valence-corrected chi connectivity index (χ3v) is 4.40. The number of carbonyl (C=O) groups excluding carboxylic acids is 1. The van der Waals surface area contributed by atoms with Crippen LogP contribution in [-0.2, 0) is 16.0 Å². The van der Waals surface area contributed by atoms with Crippen molar-refractivity contribution in [2.75, 3.05) is 19.7 Å². The normalized spacial score (nSPS) is 17.7. The van der Waals surface area contributed by atoms with Crippen LogP contribution in [0.3, 0.4) is 0 Å². The third kappa shape index (κ3) is 3.96. The average Bonchev–Trinajstić information content (AvgIpc) is 2.90. The Hall–Kier alpha value is -2.48. The third-order valence-electron chi connectivity index (χ3n) is 4.40. The first-order chi connectivity index (χ1) is 11.9. The number of carbonyl (C=O) groups is 1. The summed E-state index contributed by atoms with van der Waals surface area (Å²) >= 11 is 0. The molecule has 8 heteroatoms. The molecule has 1 N–H and O–H groups in total. The summed E-state index contributed by atoms with van der Waals surface area (Å²) in [5.74, 6) is 1.34. The van der Waals surface area contributed by atoms with Crippen LogP contribution >= 0.6 is 0 Å². The van der Waals surface area contributed by atoms with E-state index in [-0.39, 0.29) is 17.6 Å². The molecule has 1 saturated heterocycles. The standard InChI is InChI=1S/C17H22N4O4/c1-10-13(11(2)25-20-10)4-5-17(23)21-6-7-24-15(9-21)14-8-16(22)19-12(3)18-14/h8,15H,4-7,9H2,1-3H3,(H,18,19,22). The zero-order chi connectivity index (χ0) is 18.0. The molecule has 0 saturated carbocycles. The van der Waals surface area contributed by atoms with Gasteiger partial charge in [-0.25, -0.2) is 4.98 Å². The molecular weight excluding hydrogens is 324 g/mol. The molecular formula is C17H22N4O4. The number of aromatic nitrogens is 3. The Morgan fingerprint density at radius 3 is 2.88 bits per heavy atom. The van der Waals surface area contributed by atoms with Gasteiger partial charge in [-0.2, -0.15) is 0 Å². The molecule has 1 amide bonds. The first-order valence-corrected chi connectivity index (χ1v) is 8.33. The Kier molecular flexibility index (Phi) is 4.98. The lowest BCUT2D eigenvalue weighted by Crippen LogP contribution is -2.42. The average molecular weight is 346 g/mol. The Balaban J connectivity index is 1.64. The summed E-state index contributed by atoms with van der Waals surface area (Å²) in [5.41, 5.74) is 2.16. The highest BCUT2D eigenvalue weighted by Gasteiger charge is 2.27. The molecule has 0 aliphatic carbocycles. The number of rotatable bonds is 4. The van der Waals surface area contributed by atoms with E-state index in [9.17, 15) is 9.59 Å². The first-order valence-electron chi connectivity index (χ1n) is 8.33. The summed E-state index contributed by atoms with van der Waals surface area (Å²) < 4.78 is 10.8. The number of aromatic amines is 1. The Labute approximate surface area is 145 Å². The predicted octanol–water partition coefficient (Wildman–Crippen LogP) is 1.22. The quantitative estimate of drug-likeness (QED) is 0.893. The monoisotopic (exact) mass is 346 g/mol. The van der Waals surface area contributed by atoms with Crippen molar-refractivity contribution in [3.8, 4) is 0 Å². The molecule has 8 nitrogen and oxygen atoms in total. The van der Waals surface area contributed by atoms with E-state index in [0.717, 1.165) is 17.0 Å². The van der Waals surface area contributed by atoms with E-state index in [2.05, 4.69) is 15.1 Å². The molecule has 1 aliphatic heterocycles. The van der Waals surface area contributed by atoms with Crippen molar-refractivity contribution in [2.24, 2.45) is 0 Å². The van der Waals surface area contributed by atoms with Gasteiger partial charge in [0.05, 0.1) is 24.5 Å². The summed E-state index contributed by atoms with van der Waals surface area (Å²) in [6.45, 7) is 6.82. The summed E-state index contributed by atoms with van der Waals surface area (Å²) in [6, 6.07) is 1.43. The second-order valence-corrected chi connectivity index (χ2v) is 6.26. The molecule has 0 spiro atoms. The predicted molar refractivity (Wildman–Crippen MR) is 89.2 cm³/mol. The number of amides is 1.